The minimum absolute atomic E-state index is 0.133. The van der Waals surface area contributed by atoms with Crippen molar-refractivity contribution >= 4 is 11.6 Å². The van der Waals surface area contributed by atoms with Gasteiger partial charge in [0.15, 0.2) is 0 Å². The molecule has 0 radical (unpaired) electrons. The summed E-state index contributed by atoms with van der Waals surface area (Å²) in [6, 6.07) is 6.67. The predicted molar refractivity (Wildman–Crippen MR) is 55.1 cm³/mol. The fraction of sp³-hybridized carbons (Fsp3) is 0.400. The van der Waals surface area contributed by atoms with Gasteiger partial charge in [-0.1, -0.05) is 37.1 Å². The third kappa shape index (κ3) is 6.43. The molecule has 0 unspecified atom stereocenters. The number of phenolic OH excluding ortho intramolecular Hbond substituents is 1. The SMILES string of the molecule is CCCCO.Oc1ccccc1Cl. The van der Waals surface area contributed by atoms with Gasteiger partial charge in [0.1, 0.15) is 5.75 Å². The molecule has 0 fully saturated rings. The van der Waals surface area contributed by atoms with Crippen LogP contribution in [0.4, 0.5) is 0 Å². The number of hydrogen-bond donors (Lipinski definition) is 2. The number of halogens is 1. The summed E-state index contributed by atoms with van der Waals surface area (Å²) < 4.78 is 0. The summed E-state index contributed by atoms with van der Waals surface area (Å²) in [6.45, 7) is 2.40. The van der Waals surface area contributed by atoms with Crippen LogP contribution >= 0.6 is 11.6 Å². The largest absolute Gasteiger partial charge is 0.506 e. The number of aliphatic hydroxyl groups is 1. The summed E-state index contributed by atoms with van der Waals surface area (Å²) in [5.41, 5.74) is 0. The minimum Gasteiger partial charge on any atom is -0.506 e. The summed E-state index contributed by atoms with van der Waals surface area (Å²) in [4.78, 5) is 0. The Bertz CT molecular complexity index is 203. The molecule has 0 aliphatic heterocycles. The molecule has 0 saturated heterocycles. The van der Waals surface area contributed by atoms with Crippen molar-refractivity contribution < 1.29 is 10.2 Å². The van der Waals surface area contributed by atoms with Crippen LogP contribution in [0.1, 0.15) is 19.8 Å². The Kier molecular flexibility index (Phi) is 7.45. The van der Waals surface area contributed by atoms with E-state index in [-0.39, 0.29) is 5.75 Å². The van der Waals surface area contributed by atoms with Crippen LogP contribution in [0.2, 0.25) is 5.02 Å². The lowest BCUT2D eigenvalue weighted by molar-refractivity contribution is 0.287. The van der Waals surface area contributed by atoms with Crippen LogP contribution in [0.25, 0.3) is 0 Å². The van der Waals surface area contributed by atoms with Crippen molar-refractivity contribution in [2.24, 2.45) is 0 Å². The molecular weight excluding hydrogens is 188 g/mol. The van der Waals surface area contributed by atoms with E-state index in [9.17, 15) is 0 Å². The molecule has 1 aromatic rings. The number of benzene rings is 1. The first-order valence-corrected chi connectivity index (χ1v) is 4.64. The second kappa shape index (κ2) is 7.90. The number of phenols is 1. The van der Waals surface area contributed by atoms with Crippen molar-refractivity contribution in [3.63, 3.8) is 0 Å². The Morgan fingerprint density at radius 2 is 1.92 bits per heavy atom. The second-order valence-electron chi connectivity index (χ2n) is 2.53. The standard InChI is InChI=1S/C6H5ClO.C4H10O/c7-5-3-1-2-4-6(5)8;1-2-3-4-5/h1-4,8H;5H,2-4H2,1H3. The van der Waals surface area contributed by atoms with E-state index in [2.05, 4.69) is 6.92 Å². The lowest BCUT2D eigenvalue weighted by Gasteiger charge is -1.89. The maximum absolute atomic E-state index is 8.79. The van der Waals surface area contributed by atoms with E-state index in [1.165, 1.54) is 0 Å². The normalized spacial score (nSPS) is 8.85. The van der Waals surface area contributed by atoms with Gasteiger partial charge < -0.3 is 10.2 Å². The highest BCUT2D eigenvalue weighted by Crippen LogP contribution is 2.20. The van der Waals surface area contributed by atoms with E-state index in [1.807, 2.05) is 0 Å². The highest BCUT2D eigenvalue weighted by Gasteiger charge is 1.89. The molecule has 0 aliphatic carbocycles. The Morgan fingerprint density at radius 1 is 1.31 bits per heavy atom. The van der Waals surface area contributed by atoms with Gasteiger partial charge in [0.2, 0.25) is 0 Å². The first-order chi connectivity index (χ1) is 6.22. The van der Waals surface area contributed by atoms with E-state index < -0.39 is 0 Å². The lowest BCUT2D eigenvalue weighted by Crippen LogP contribution is -1.75. The van der Waals surface area contributed by atoms with Crippen molar-refractivity contribution in [3.8, 4) is 5.75 Å². The van der Waals surface area contributed by atoms with Gasteiger partial charge in [-0.15, -0.1) is 0 Å². The quantitative estimate of drug-likeness (QED) is 0.775. The number of para-hydroxylation sites is 1. The van der Waals surface area contributed by atoms with Crippen molar-refractivity contribution in [1.29, 1.82) is 0 Å². The van der Waals surface area contributed by atoms with E-state index in [0.29, 0.717) is 11.6 Å². The van der Waals surface area contributed by atoms with Crippen LogP contribution in [0, 0.1) is 0 Å². The van der Waals surface area contributed by atoms with Gasteiger partial charge in [0.25, 0.3) is 0 Å². The summed E-state index contributed by atoms with van der Waals surface area (Å²) >= 11 is 5.46. The predicted octanol–water partition coefficient (Wildman–Crippen LogP) is 2.82. The van der Waals surface area contributed by atoms with E-state index >= 15 is 0 Å². The fourth-order valence-corrected chi connectivity index (χ4v) is 0.746. The maximum Gasteiger partial charge on any atom is 0.134 e. The zero-order valence-corrected chi connectivity index (χ0v) is 8.46. The molecule has 0 bridgehead atoms. The molecule has 1 rings (SSSR count). The monoisotopic (exact) mass is 202 g/mol. The Balaban J connectivity index is 0.000000252. The number of hydrogen-bond acceptors (Lipinski definition) is 2. The highest BCUT2D eigenvalue weighted by molar-refractivity contribution is 6.31. The van der Waals surface area contributed by atoms with Crippen molar-refractivity contribution in [3.05, 3.63) is 29.3 Å². The average Bonchev–Trinajstić information content (AvgIpc) is 2.13. The third-order valence-corrected chi connectivity index (χ3v) is 1.68. The first-order valence-electron chi connectivity index (χ1n) is 4.26. The van der Waals surface area contributed by atoms with Gasteiger partial charge in [0, 0.05) is 6.61 Å². The zero-order valence-electron chi connectivity index (χ0n) is 7.70. The molecule has 74 valence electrons. The molecular formula is C10H15ClO2. The summed E-state index contributed by atoms with van der Waals surface area (Å²) in [6.07, 6.45) is 2.04. The number of aromatic hydroxyl groups is 1. The Labute approximate surface area is 83.8 Å². The first kappa shape index (κ1) is 12.3. The molecule has 0 atom stereocenters. The summed E-state index contributed by atoms with van der Waals surface area (Å²) in [5, 5.41) is 17.2. The molecule has 3 heteroatoms. The summed E-state index contributed by atoms with van der Waals surface area (Å²) in [7, 11) is 0. The molecule has 0 aliphatic rings. The minimum atomic E-state index is 0.133. The third-order valence-electron chi connectivity index (χ3n) is 1.36. The van der Waals surface area contributed by atoms with E-state index in [0.717, 1.165) is 12.8 Å². The van der Waals surface area contributed by atoms with E-state index in [1.54, 1.807) is 24.3 Å². The summed E-state index contributed by atoms with van der Waals surface area (Å²) in [5.74, 6) is 0.133. The van der Waals surface area contributed by atoms with Gasteiger partial charge in [-0.25, -0.2) is 0 Å². The molecule has 2 N–H and O–H groups in total. The fourth-order valence-electron chi connectivity index (χ4n) is 0.610. The molecule has 0 aromatic heterocycles. The van der Waals surface area contributed by atoms with E-state index in [4.69, 9.17) is 21.8 Å². The van der Waals surface area contributed by atoms with Crippen LogP contribution in [0.15, 0.2) is 24.3 Å². The zero-order chi connectivity index (χ0) is 10.1. The van der Waals surface area contributed by atoms with Crippen LogP contribution in [-0.2, 0) is 0 Å². The topological polar surface area (TPSA) is 40.5 Å². The van der Waals surface area contributed by atoms with Crippen molar-refractivity contribution in [1.82, 2.24) is 0 Å². The van der Waals surface area contributed by atoms with Crippen LogP contribution < -0.4 is 0 Å². The molecule has 1 aromatic carbocycles. The second-order valence-corrected chi connectivity index (χ2v) is 2.94. The molecule has 0 spiro atoms. The highest BCUT2D eigenvalue weighted by atomic mass is 35.5. The van der Waals surface area contributed by atoms with Gasteiger partial charge in [-0.3, -0.25) is 0 Å². The number of unbranched alkanes of at least 4 members (excludes halogenated alkanes) is 1. The van der Waals surface area contributed by atoms with Gasteiger partial charge in [0.05, 0.1) is 5.02 Å². The molecule has 0 saturated carbocycles. The van der Waals surface area contributed by atoms with Crippen LogP contribution in [-0.4, -0.2) is 16.8 Å². The van der Waals surface area contributed by atoms with Gasteiger partial charge in [-0.2, -0.15) is 0 Å². The van der Waals surface area contributed by atoms with Crippen molar-refractivity contribution in [2.45, 2.75) is 19.8 Å². The van der Waals surface area contributed by atoms with Crippen LogP contribution in [0.3, 0.4) is 0 Å². The van der Waals surface area contributed by atoms with Crippen LogP contribution in [0.5, 0.6) is 5.75 Å². The number of aliphatic hydroxyl groups excluding tert-OH is 1. The molecule has 0 amide bonds. The maximum atomic E-state index is 8.79. The Morgan fingerprint density at radius 3 is 2.15 bits per heavy atom. The van der Waals surface area contributed by atoms with Gasteiger partial charge in [-0.05, 0) is 18.6 Å². The molecule has 0 heterocycles. The van der Waals surface area contributed by atoms with Gasteiger partial charge >= 0.3 is 0 Å². The smallest absolute Gasteiger partial charge is 0.134 e. The van der Waals surface area contributed by atoms with Crippen molar-refractivity contribution in [2.75, 3.05) is 6.61 Å². The molecule has 13 heavy (non-hydrogen) atoms. The lowest BCUT2D eigenvalue weighted by atomic mass is 10.3. The Hall–Kier alpha value is -0.730. The number of rotatable bonds is 2. The molecule has 2 nitrogen and oxygen atoms in total. The average molecular weight is 203 g/mol.